The molecule has 18 heavy (non-hydrogen) atoms. The Hall–Kier alpha value is -1.26. The lowest BCUT2D eigenvalue weighted by atomic mass is 9.97. The van der Waals surface area contributed by atoms with Gasteiger partial charge in [-0.2, -0.15) is 0 Å². The van der Waals surface area contributed by atoms with E-state index < -0.39 is 0 Å². The first-order valence-corrected chi connectivity index (χ1v) is 6.47. The Balaban J connectivity index is 2.53. The van der Waals surface area contributed by atoms with Crippen molar-refractivity contribution in [2.45, 2.75) is 13.0 Å². The molecule has 1 unspecified atom stereocenters. The molecule has 1 heterocycles. The van der Waals surface area contributed by atoms with Crippen LogP contribution in [0.3, 0.4) is 0 Å². The van der Waals surface area contributed by atoms with Crippen LogP contribution >= 0.6 is 15.9 Å². The molecule has 0 aliphatic heterocycles. The van der Waals surface area contributed by atoms with E-state index in [2.05, 4.69) is 26.2 Å². The first-order chi connectivity index (χ1) is 8.65. The van der Waals surface area contributed by atoms with Crippen LogP contribution in [-0.2, 0) is 0 Å². The van der Waals surface area contributed by atoms with Gasteiger partial charge in [0.15, 0.2) is 0 Å². The third kappa shape index (κ3) is 2.44. The number of benzene rings is 1. The summed E-state index contributed by atoms with van der Waals surface area (Å²) in [6.07, 6.45) is 1.74. The molecule has 1 atom stereocenters. The van der Waals surface area contributed by atoms with Gasteiger partial charge in [-0.3, -0.25) is 4.98 Å². The Kier molecular flexibility index (Phi) is 4.09. The molecule has 0 aliphatic carbocycles. The third-order valence-electron chi connectivity index (χ3n) is 2.94. The minimum atomic E-state index is -0.236. The van der Waals surface area contributed by atoms with Crippen LogP contribution in [-0.4, -0.2) is 12.0 Å². The topological polar surface area (TPSA) is 24.9 Å². The molecule has 0 saturated carbocycles. The fourth-order valence-electron chi connectivity index (χ4n) is 2.02. The van der Waals surface area contributed by atoms with E-state index in [1.165, 1.54) is 0 Å². The summed E-state index contributed by atoms with van der Waals surface area (Å²) >= 11 is 3.22. The van der Waals surface area contributed by atoms with Gasteiger partial charge in [-0.25, -0.2) is 4.39 Å². The second-order valence-corrected chi connectivity index (χ2v) is 4.90. The number of hydrogen-bond acceptors (Lipinski definition) is 2. The quantitative estimate of drug-likeness (QED) is 0.937. The summed E-state index contributed by atoms with van der Waals surface area (Å²) in [6, 6.07) is 8.94. The molecule has 0 amide bonds. The molecule has 2 rings (SSSR count). The second kappa shape index (κ2) is 5.59. The number of aryl methyl sites for hydroxylation is 1. The highest BCUT2D eigenvalue weighted by atomic mass is 79.9. The van der Waals surface area contributed by atoms with Crippen molar-refractivity contribution in [1.82, 2.24) is 10.3 Å². The standard InChI is InChI=1S/C14H14BrFN2/c1-9-10(6-4-8-18-9)14(17-2)11-5-3-7-12(15)13(11)16/h3-8,14,17H,1-2H3. The second-order valence-electron chi connectivity index (χ2n) is 4.04. The van der Waals surface area contributed by atoms with E-state index in [0.29, 0.717) is 10.0 Å². The molecule has 0 bridgehead atoms. The summed E-state index contributed by atoms with van der Waals surface area (Å²) in [7, 11) is 1.82. The number of nitrogens with one attached hydrogen (secondary N) is 1. The highest BCUT2D eigenvalue weighted by Crippen LogP contribution is 2.28. The molecule has 2 nitrogen and oxygen atoms in total. The molecule has 0 spiro atoms. The average molecular weight is 309 g/mol. The maximum absolute atomic E-state index is 14.1. The molecular formula is C14H14BrFN2. The van der Waals surface area contributed by atoms with Crippen LogP contribution in [0.5, 0.6) is 0 Å². The third-order valence-corrected chi connectivity index (χ3v) is 3.55. The molecule has 0 aliphatic rings. The van der Waals surface area contributed by atoms with E-state index in [0.717, 1.165) is 11.3 Å². The zero-order valence-corrected chi connectivity index (χ0v) is 11.8. The van der Waals surface area contributed by atoms with Crippen LogP contribution in [0.1, 0.15) is 22.9 Å². The predicted octanol–water partition coefficient (Wildman–Crippen LogP) is 3.60. The Labute approximate surface area is 114 Å². The first kappa shape index (κ1) is 13.2. The van der Waals surface area contributed by atoms with Crippen molar-refractivity contribution in [1.29, 1.82) is 0 Å². The summed E-state index contributed by atoms with van der Waals surface area (Å²) < 4.78 is 14.6. The number of aromatic nitrogens is 1. The van der Waals surface area contributed by atoms with E-state index >= 15 is 0 Å². The van der Waals surface area contributed by atoms with Crippen molar-refractivity contribution >= 4 is 15.9 Å². The molecule has 0 fully saturated rings. The van der Waals surface area contributed by atoms with Crippen molar-refractivity contribution in [3.05, 3.63) is 63.6 Å². The largest absolute Gasteiger partial charge is 0.309 e. The molecule has 4 heteroatoms. The Morgan fingerprint density at radius 2 is 1.94 bits per heavy atom. The van der Waals surface area contributed by atoms with E-state index in [4.69, 9.17) is 0 Å². The minimum absolute atomic E-state index is 0.198. The summed E-state index contributed by atoms with van der Waals surface area (Å²) in [5.74, 6) is -0.236. The molecule has 0 saturated heterocycles. The zero-order valence-electron chi connectivity index (χ0n) is 10.2. The van der Waals surface area contributed by atoms with Crippen LogP contribution in [0.15, 0.2) is 41.0 Å². The fourth-order valence-corrected chi connectivity index (χ4v) is 2.41. The van der Waals surface area contributed by atoms with Crippen LogP contribution in [0, 0.1) is 12.7 Å². The highest BCUT2D eigenvalue weighted by Gasteiger charge is 2.19. The molecule has 1 N–H and O–H groups in total. The summed E-state index contributed by atoms with van der Waals surface area (Å²) in [6.45, 7) is 1.93. The smallest absolute Gasteiger partial charge is 0.142 e. The number of rotatable bonds is 3. The number of halogens is 2. The van der Waals surface area contributed by atoms with Crippen LogP contribution in [0.2, 0.25) is 0 Å². The van der Waals surface area contributed by atoms with Gasteiger partial charge in [-0.15, -0.1) is 0 Å². The van der Waals surface area contributed by atoms with E-state index in [1.807, 2.05) is 32.2 Å². The molecule has 1 aromatic heterocycles. The Morgan fingerprint density at radius 3 is 2.61 bits per heavy atom. The van der Waals surface area contributed by atoms with Crippen LogP contribution in [0.25, 0.3) is 0 Å². The predicted molar refractivity (Wildman–Crippen MR) is 74.0 cm³/mol. The number of hydrogen-bond donors (Lipinski definition) is 1. The normalized spacial score (nSPS) is 12.4. The van der Waals surface area contributed by atoms with Crippen molar-refractivity contribution < 1.29 is 4.39 Å². The average Bonchev–Trinajstić information content (AvgIpc) is 2.37. The maximum Gasteiger partial charge on any atom is 0.142 e. The lowest BCUT2D eigenvalue weighted by Gasteiger charge is -2.19. The fraction of sp³-hybridized carbons (Fsp3) is 0.214. The van der Waals surface area contributed by atoms with Crippen LogP contribution in [0.4, 0.5) is 4.39 Å². The summed E-state index contributed by atoms with van der Waals surface area (Å²) in [4.78, 5) is 4.25. The van der Waals surface area contributed by atoms with Crippen LogP contribution < -0.4 is 5.32 Å². The Morgan fingerprint density at radius 1 is 1.22 bits per heavy atom. The Bertz CT molecular complexity index is 557. The van der Waals surface area contributed by atoms with E-state index in [9.17, 15) is 4.39 Å². The van der Waals surface area contributed by atoms with Crippen molar-refractivity contribution in [2.24, 2.45) is 0 Å². The molecule has 2 aromatic rings. The van der Waals surface area contributed by atoms with E-state index in [-0.39, 0.29) is 11.9 Å². The van der Waals surface area contributed by atoms with Gasteiger partial charge in [0.1, 0.15) is 5.82 Å². The molecular weight excluding hydrogens is 295 g/mol. The van der Waals surface area contributed by atoms with Gasteiger partial charge >= 0.3 is 0 Å². The van der Waals surface area contributed by atoms with Gasteiger partial charge in [0.25, 0.3) is 0 Å². The SMILES string of the molecule is CNC(c1cccnc1C)c1cccc(Br)c1F. The van der Waals surface area contributed by atoms with Crippen molar-refractivity contribution in [3.63, 3.8) is 0 Å². The lowest BCUT2D eigenvalue weighted by molar-refractivity contribution is 0.569. The summed E-state index contributed by atoms with van der Waals surface area (Å²) in [5, 5.41) is 3.14. The number of nitrogens with zero attached hydrogens (tertiary/aromatic N) is 1. The summed E-state index contributed by atoms with van der Waals surface area (Å²) in [5.41, 5.74) is 2.50. The van der Waals surface area contributed by atoms with E-state index in [1.54, 1.807) is 18.3 Å². The van der Waals surface area contributed by atoms with Gasteiger partial charge in [0, 0.05) is 17.5 Å². The lowest BCUT2D eigenvalue weighted by Crippen LogP contribution is -2.20. The molecule has 0 radical (unpaired) electrons. The minimum Gasteiger partial charge on any atom is -0.309 e. The monoisotopic (exact) mass is 308 g/mol. The van der Waals surface area contributed by atoms with Gasteiger partial charge in [-0.1, -0.05) is 18.2 Å². The van der Waals surface area contributed by atoms with Gasteiger partial charge < -0.3 is 5.32 Å². The van der Waals surface area contributed by atoms with Crippen molar-refractivity contribution in [2.75, 3.05) is 7.05 Å². The van der Waals surface area contributed by atoms with Crippen molar-refractivity contribution in [3.8, 4) is 0 Å². The number of pyridine rings is 1. The maximum atomic E-state index is 14.1. The van der Waals surface area contributed by atoms with Gasteiger partial charge in [0.05, 0.1) is 10.5 Å². The van der Waals surface area contributed by atoms with Gasteiger partial charge in [0.2, 0.25) is 0 Å². The highest BCUT2D eigenvalue weighted by molar-refractivity contribution is 9.10. The zero-order chi connectivity index (χ0) is 13.1. The first-order valence-electron chi connectivity index (χ1n) is 5.68. The van der Waals surface area contributed by atoms with Gasteiger partial charge in [-0.05, 0) is 47.6 Å². The molecule has 94 valence electrons. The molecule has 1 aromatic carbocycles.